The Hall–Kier alpha value is -2.92. The molecule has 0 saturated carbocycles. The number of nitrogens with zero attached hydrogens (tertiary/aromatic N) is 3. The van der Waals surface area contributed by atoms with Crippen molar-refractivity contribution >= 4 is 17.5 Å². The van der Waals surface area contributed by atoms with Crippen LogP contribution >= 0.6 is 11.6 Å². The number of para-hydroxylation sites is 1. The third kappa shape index (κ3) is 5.42. The fourth-order valence-corrected chi connectivity index (χ4v) is 4.23. The van der Waals surface area contributed by atoms with Crippen molar-refractivity contribution in [2.24, 2.45) is 0 Å². The van der Waals surface area contributed by atoms with E-state index in [1.807, 2.05) is 48.4 Å². The summed E-state index contributed by atoms with van der Waals surface area (Å²) in [5, 5.41) is 0.508. The van der Waals surface area contributed by atoms with E-state index in [-0.39, 0.29) is 18.4 Å². The molecule has 2 aromatic carbocycles. The second-order valence-corrected chi connectivity index (χ2v) is 8.30. The molecule has 0 radical (unpaired) electrons. The highest BCUT2D eigenvalue weighted by molar-refractivity contribution is 6.32. The van der Waals surface area contributed by atoms with Gasteiger partial charge in [-0.2, -0.15) is 0 Å². The van der Waals surface area contributed by atoms with Gasteiger partial charge in [-0.3, -0.25) is 4.79 Å². The van der Waals surface area contributed by atoms with Gasteiger partial charge in [0, 0.05) is 31.6 Å². The molecule has 5 nitrogen and oxygen atoms in total. The molecule has 0 bridgehead atoms. The maximum Gasteiger partial charge on any atom is 0.260 e. The van der Waals surface area contributed by atoms with Crippen LogP contribution in [0.3, 0.4) is 0 Å². The number of halogens is 1. The highest BCUT2D eigenvalue weighted by Gasteiger charge is 2.28. The van der Waals surface area contributed by atoms with Crippen molar-refractivity contribution in [2.45, 2.75) is 32.1 Å². The number of ether oxygens (including phenoxy) is 1. The van der Waals surface area contributed by atoms with Crippen LogP contribution in [0.4, 0.5) is 0 Å². The normalized spacial score (nSPS) is 16.2. The van der Waals surface area contributed by atoms with Crippen molar-refractivity contribution in [2.75, 3.05) is 19.7 Å². The Labute approximate surface area is 188 Å². The van der Waals surface area contributed by atoms with E-state index in [2.05, 4.69) is 17.1 Å². The number of carbonyl (C=O) groups is 1. The van der Waals surface area contributed by atoms with E-state index in [0.717, 1.165) is 42.9 Å². The van der Waals surface area contributed by atoms with E-state index in [4.69, 9.17) is 21.3 Å². The molecule has 1 aliphatic rings. The minimum Gasteiger partial charge on any atom is -0.482 e. The highest BCUT2D eigenvalue weighted by atomic mass is 35.5. The average Bonchev–Trinajstić information content (AvgIpc) is 2.80. The quantitative estimate of drug-likeness (QED) is 0.557. The van der Waals surface area contributed by atoms with Crippen LogP contribution in [0.1, 0.15) is 41.4 Å². The largest absolute Gasteiger partial charge is 0.482 e. The third-order valence-corrected chi connectivity index (χ3v) is 5.92. The fourth-order valence-electron chi connectivity index (χ4n) is 4.04. The Kier molecular flexibility index (Phi) is 6.82. The Morgan fingerprint density at radius 2 is 1.94 bits per heavy atom. The lowest BCUT2D eigenvalue weighted by Gasteiger charge is -2.33. The Morgan fingerprint density at radius 1 is 1.16 bits per heavy atom. The van der Waals surface area contributed by atoms with Gasteiger partial charge in [0.15, 0.2) is 6.61 Å². The molecule has 4 rings (SSSR count). The van der Waals surface area contributed by atoms with Crippen molar-refractivity contribution < 1.29 is 9.53 Å². The van der Waals surface area contributed by atoms with Crippen LogP contribution in [-0.4, -0.2) is 40.5 Å². The zero-order valence-corrected chi connectivity index (χ0v) is 18.4. The van der Waals surface area contributed by atoms with Crippen molar-refractivity contribution in [3.8, 4) is 5.75 Å². The molecule has 0 N–H and O–H groups in total. The number of benzene rings is 2. The molecule has 31 heavy (non-hydrogen) atoms. The maximum atomic E-state index is 12.8. The van der Waals surface area contributed by atoms with Crippen LogP contribution in [0, 0.1) is 6.92 Å². The molecule has 2 heterocycles. The lowest BCUT2D eigenvalue weighted by molar-refractivity contribution is -0.134. The molecule has 1 aromatic heterocycles. The molecule has 1 aliphatic heterocycles. The minimum atomic E-state index is -0.0278. The SMILES string of the molecule is Cc1ncc(Cc2ccccc2)c(C2CCCN(C(=O)COc3ccccc3Cl)C2)n1. The van der Waals surface area contributed by atoms with E-state index >= 15 is 0 Å². The Balaban J connectivity index is 1.46. The molecule has 0 aliphatic carbocycles. The molecular formula is C25H26ClN3O2. The first-order valence-corrected chi connectivity index (χ1v) is 11.0. The Bertz CT molecular complexity index is 1040. The summed E-state index contributed by atoms with van der Waals surface area (Å²) in [4.78, 5) is 23.9. The third-order valence-electron chi connectivity index (χ3n) is 5.60. The zero-order valence-electron chi connectivity index (χ0n) is 17.6. The van der Waals surface area contributed by atoms with Crippen LogP contribution in [0.25, 0.3) is 0 Å². The van der Waals surface area contributed by atoms with E-state index in [1.54, 1.807) is 12.1 Å². The molecule has 1 amide bonds. The topological polar surface area (TPSA) is 55.3 Å². The number of hydrogen-bond acceptors (Lipinski definition) is 4. The number of aromatic nitrogens is 2. The van der Waals surface area contributed by atoms with Crippen molar-refractivity contribution in [1.82, 2.24) is 14.9 Å². The monoisotopic (exact) mass is 435 g/mol. The first kappa shape index (κ1) is 21.3. The van der Waals surface area contributed by atoms with Gasteiger partial charge in [0.05, 0.1) is 10.7 Å². The van der Waals surface area contributed by atoms with Gasteiger partial charge in [-0.05, 0) is 43.0 Å². The second kappa shape index (κ2) is 9.92. The van der Waals surface area contributed by atoms with Crippen molar-refractivity contribution in [3.63, 3.8) is 0 Å². The number of likely N-dealkylation sites (tertiary alicyclic amines) is 1. The number of rotatable bonds is 6. The zero-order chi connectivity index (χ0) is 21.6. The van der Waals surface area contributed by atoms with Gasteiger partial charge in [0.25, 0.3) is 5.91 Å². The van der Waals surface area contributed by atoms with Crippen LogP contribution < -0.4 is 4.74 Å². The predicted octanol–water partition coefficient (Wildman–Crippen LogP) is 4.81. The summed E-state index contributed by atoms with van der Waals surface area (Å²) >= 11 is 6.13. The molecule has 6 heteroatoms. The summed E-state index contributed by atoms with van der Waals surface area (Å²) in [5.41, 5.74) is 3.41. The van der Waals surface area contributed by atoms with Gasteiger partial charge in [0.2, 0.25) is 0 Å². The predicted molar refractivity (Wildman–Crippen MR) is 122 cm³/mol. The van der Waals surface area contributed by atoms with E-state index in [9.17, 15) is 4.79 Å². The van der Waals surface area contributed by atoms with Crippen LogP contribution in [-0.2, 0) is 11.2 Å². The Morgan fingerprint density at radius 3 is 2.74 bits per heavy atom. The summed E-state index contributed by atoms with van der Waals surface area (Å²) in [5.74, 6) is 1.46. The molecule has 1 unspecified atom stereocenters. The number of aryl methyl sites for hydroxylation is 1. The molecule has 3 aromatic rings. The molecule has 160 valence electrons. The lowest BCUT2D eigenvalue weighted by atomic mass is 9.90. The standard InChI is InChI=1S/C25H26ClN3O2/c1-18-27-15-21(14-19-8-3-2-4-9-19)25(28-18)20-10-7-13-29(16-20)24(30)17-31-23-12-6-5-11-22(23)26/h2-6,8-9,11-12,15,20H,7,10,13-14,16-17H2,1H3. The number of hydrogen-bond donors (Lipinski definition) is 0. The minimum absolute atomic E-state index is 0.0177. The first-order chi connectivity index (χ1) is 15.1. The highest BCUT2D eigenvalue weighted by Crippen LogP contribution is 2.29. The van der Waals surface area contributed by atoms with Crippen LogP contribution in [0.2, 0.25) is 5.02 Å². The van der Waals surface area contributed by atoms with E-state index in [0.29, 0.717) is 17.3 Å². The summed E-state index contributed by atoms with van der Waals surface area (Å²) in [6, 6.07) is 17.5. The van der Waals surface area contributed by atoms with Gasteiger partial charge < -0.3 is 9.64 Å². The fraction of sp³-hybridized carbons (Fsp3) is 0.320. The molecule has 0 spiro atoms. The van der Waals surface area contributed by atoms with Crippen LogP contribution in [0.15, 0.2) is 60.8 Å². The molecular weight excluding hydrogens is 410 g/mol. The average molecular weight is 436 g/mol. The van der Waals surface area contributed by atoms with Crippen LogP contribution in [0.5, 0.6) is 5.75 Å². The van der Waals surface area contributed by atoms with Gasteiger partial charge >= 0.3 is 0 Å². The molecule has 1 fully saturated rings. The summed E-state index contributed by atoms with van der Waals surface area (Å²) < 4.78 is 5.67. The number of amides is 1. The van der Waals surface area contributed by atoms with Gasteiger partial charge in [-0.1, -0.05) is 54.1 Å². The van der Waals surface area contributed by atoms with Crippen molar-refractivity contribution in [1.29, 1.82) is 0 Å². The molecule has 1 saturated heterocycles. The maximum absolute atomic E-state index is 12.8. The second-order valence-electron chi connectivity index (χ2n) is 7.89. The smallest absolute Gasteiger partial charge is 0.260 e. The molecule has 1 atom stereocenters. The summed E-state index contributed by atoms with van der Waals surface area (Å²) in [6.45, 7) is 3.28. The van der Waals surface area contributed by atoms with Gasteiger partial charge in [-0.25, -0.2) is 9.97 Å². The first-order valence-electron chi connectivity index (χ1n) is 10.6. The van der Waals surface area contributed by atoms with E-state index < -0.39 is 0 Å². The van der Waals surface area contributed by atoms with Gasteiger partial charge in [0.1, 0.15) is 11.6 Å². The lowest BCUT2D eigenvalue weighted by Crippen LogP contribution is -2.42. The van der Waals surface area contributed by atoms with Gasteiger partial charge in [-0.15, -0.1) is 0 Å². The summed E-state index contributed by atoms with van der Waals surface area (Å²) in [6.07, 6.45) is 4.67. The van der Waals surface area contributed by atoms with E-state index in [1.165, 1.54) is 5.56 Å². The van der Waals surface area contributed by atoms with Crippen molar-refractivity contribution in [3.05, 3.63) is 88.5 Å². The number of piperidine rings is 1. The summed E-state index contributed by atoms with van der Waals surface area (Å²) in [7, 11) is 0. The number of carbonyl (C=O) groups excluding carboxylic acids is 1.